The number of anilines is 1. The molecule has 1 N–H and O–H groups in total. The van der Waals surface area contributed by atoms with Crippen LogP contribution in [-0.4, -0.2) is 88.6 Å². The van der Waals surface area contributed by atoms with E-state index < -0.39 is 59.6 Å². The van der Waals surface area contributed by atoms with Gasteiger partial charge in [-0.15, -0.1) is 0 Å². The van der Waals surface area contributed by atoms with Crippen molar-refractivity contribution in [1.29, 1.82) is 0 Å². The van der Waals surface area contributed by atoms with Crippen molar-refractivity contribution in [3.8, 4) is 0 Å². The Bertz CT molecular complexity index is 1650. The average molecular weight is 670 g/mol. The number of carbonyl (C=O) groups is 4. The Morgan fingerprint density at radius 2 is 1.65 bits per heavy atom. The van der Waals surface area contributed by atoms with E-state index in [4.69, 9.17) is 9.47 Å². The minimum atomic E-state index is -1.51. The highest BCUT2D eigenvalue weighted by Gasteiger charge is 2.73. The van der Waals surface area contributed by atoms with E-state index in [1.54, 1.807) is 29.0 Å². The van der Waals surface area contributed by atoms with Gasteiger partial charge >= 0.3 is 5.97 Å². The summed E-state index contributed by atoms with van der Waals surface area (Å²) < 4.78 is 13.2. The Morgan fingerprint density at radius 1 is 0.959 bits per heavy atom. The number of benzene rings is 2. The number of fused-ring (bicyclic) bond motifs is 2. The van der Waals surface area contributed by atoms with E-state index in [0.717, 1.165) is 16.8 Å². The molecule has 2 saturated heterocycles. The molecule has 0 saturated carbocycles. The van der Waals surface area contributed by atoms with Crippen LogP contribution in [0.4, 0.5) is 5.69 Å². The fraction of sp³-hybridized carbons (Fsp3) is 0.487. The first-order valence-corrected chi connectivity index (χ1v) is 17.3. The second-order valence-corrected chi connectivity index (χ2v) is 14.2. The van der Waals surface area contributed by atoms with E-state index >= 15 is 0 Å². The number of carbonyl (C=O) groups excluding carboxylic acids is 4. The zero-order valence-corrected chi connectivity index (χ0v) is 29.1. The Morgan fingerprint density at radius 3 is 2.31 bits per heavy atom. The minimum absolute atomic E-state index is 0.0902. The van der Waals surface area contributed by atoms with Gasteiger partial charge in [-0.3, -0.25) is 19.2 Å². The molecule has 2 aromatic carbocycles. The second kappa shape index (κ2) is 13.6. The van der Waals surface area contributed by atoms with E-state index in [0.29, 0.717) is 12.0 Å². The van der Waals surface area contributed by atoms with Gasteiger partial charge in [0.2, 0.25) is 11.8 Å². The van der Waals surface area contributed by atoms with Crippen LogP contribution in [0.2, 0.25) is 0 Å². The van der Waals surface area contributed by atoms with Crippen LogP contribution in [0.1, 0.15) is 56.4 Å². The lowest BCUT2D eigenvalue weighted by Crippen LogP contribution is -2.59. The van der Waals surface area contributed by atoms with Gasteiger partial charge in [-0.1, -0.05) is 86.7 Å². The molecule has 10 nitrogen and oxygen atoms in total. The summed E-state index contributed by atoms with van der Waals surface area (Å²) in [5, 5.41) is 10.7. The summed E-state index contributed by atoms with van der Waals surface area (Å²) in [6, 6.07) is 12.7. The van der Waals surface area contributed by atoms with Gasteiger partial charge in [0, 0.05) is 25.7 Å². The Balaban J connectivity index is 1.50. The van der Waals surface area contributed by atoms with Crippen LogP contribution >= 0.6 is 0 Å². The van der Waals surface area contributed by atoms with Gasteiger partial charge in [-0.25, -0.2) is 0 Å². The molecule has 4 aliphatic rings. The summed E-state index contributed by atoms with van der Waals surface area (Å²) in [7, 11) is 1.70. The molecule has 0 unspecified atom stereocenters. The summed E-state index contributed by atoms with van der Waals surface area (Å²) in [6.45, 7) is 9.41. The van der Waals surface area contributed by atoms with Crippen molar-refractivity contribution in [1.82, 2.24) is 9.80 Å². The van der Waals surface area contributed by atoms with Gasteiger partial charge in [0.25, 0.3) is 5.91 Å². The molecule has 4 aliphatic heterocycles. The quantitative estimate of drug-likeness (QED) is 0.373. The number of esters is 1. The van der Waals surface area contributed by atoms with Crippen LogP contribution in [0.15, 0.2) is 72.8 Å². The SMILES string of the molecule is Cc1cccc(C)c1N1CC=C[C@]23O[C@@H]4/C=C\CCC(=O)N(C)[C@H](C)[C@@H](c5ccccc5)OC(=O)[C@@H]4[C@H]2C(=O)N([C@@H](CO)C(C)C)[C@@H]3C1=O. The molecule has 49 heavy (non-hydrogen) atoms. The number of aryl methyl sites for hydroxylation is 2. The molecule has 0 radical (unpaired) electrons. The Hall–Kier alpha value is -4.28. The van der Waals surface area contributed by atoms with Crippen molar-refractivity contribution in [2.24, 2.45) is 17.8 Å². The topological polar surface area (TPSA) is 117 Å². The summed E-state index contributed by atoms with van der Waals surface area (Å²) in [6.07, 6.45) is 6.11. The van der Waals surface area contributed by atoms with Crippen molar-refractivity contribution in [2.45, 2.75) is 83.4 Å². The van der Waals surface area contributed by atoms with Crippen LogP contribution in [0.3, 0.4) is 0 Å². The molecule has 8 atom stereocenters. The number of likely N-dealkylation sites (tertiary alicyclic amines) is 1. The first-order chi connectivity index (χ1) is 23.4. The number of cyclic esters (lactones) is 1. The average Bonchev–Trinajstić information content (AvgIpc) is 3.46. The number of amides is 3. The van der Waals surface area contributed by atoms with Crippen LogP contribution in [0, 0.1) is 31.6 Å². The van der Waals surface area contributed by atoms with Crippen molar-refractivity contribution in [3.05, 3.63) is 89.5 Å². The summed E-state index contributed by atoms with van der Waals surface area (Å²) in [5.74, 6) is -3.89. The number of likely N-dealkylation sites (N-methyl/N-ethyl adjacent to an activating group) is 1. The molecule has 0 aromatic heterocycles. The van der Waals surface area contributed by atoms with Crippen molar-refractivity contribution in [2.75, 3.05) is 25.1 Å². The van der Waals surface area contributed by atoms with Gasteiger partial charge in [-0.05, 0) is 49.8 Å². The molecule has 1 spiro atoms. The first-order valence-electron chi connectivity index (χ1n) is 17.3. The number of allylic oxidation sites excluding steroid dienone is 1. The van der Waals surface area contributed by atoms with Gasteiger partial charge in [0.1, 0.15) is 23.7 Å². The zero-order chi connectivity index (χ0) is 35.2. The molecular weight excluding hydrogens is 622 g/mol. The molecule has 4 heterocycles. The summed E-state index contributed by atoms with van der Waals surface area (Å²) in [5.41, 5.74) is 1.78. The van der Waals surface area contributed by atoms with Crippen molar-refractivity contribution >= 4 is 29.4 Å². The molecule has 260 valence electrons. The number of hydrogen-bond acceptors (Lipinski definition) is 7. The number of hydrogen-bond donors (Lipinski definition) is 1. The van der Waals surface area contributed by atoms with E-state index in [1.807, 2.05) is 95.3 Å². The number of aliphatic hydroxyl groups excluding tert-OH is 1. The third-order valence-corrected chi connectivity index (χ3v) is 10.9. The predicted octanol–water partition coefficient (Wildman–Crippen LogP) is 4.29. The Kier molecular flexibility index (Phi) is 9.57. The monoisotopic (exact) mass is 669 g/mol. The van der Waals surface area contributed by atoms with Crippen LogP contribution < -0.4 is 4.90 Å². The maximum absolute atomic E-state index is 15.0. The Labute approximate surface area is 288 Å². The van der Waals surface area contributed by atoms with E-state index in [9.17, 15) is 24.3 Å². The van der Waals surface area contributed by atoms with Crippen molar-refractivity contribution in [3.63, 3.8) is 0 Å². The molecule has 2 fully saturated rings. The fourth-order valence-electron chi connectivity index (χ4n) is 8.24. The molecule has 0 bridgehead atoms. The number of nitrogens with zero attached hydrogens (tertiary/aromatic N) is 3. The number of para-hydroxylation sites is 1. The van der Waals surface area contributed by atoms with E-state index in [2.05, 4.69) is 0 Å². The summed E-state index contributed by atoms with van der Waals surface area (Å²) in [4.78, 5) is 62.5. The maximum Gasteiger partial charge on any atom is 0.313 e. The van der Waals surface area contributed by atoms with Gasteiger partial charge in [0.15, 0.2) is 0 Å². The highest BCUT2D eigenvalue weighted by atomic mass is 16.6. The number of rotatable bonds is 5. The number of aliphatic hydroxyl groups is 1. The lowest BCUT2D eigenvalue weighted by molar-refractivity contribution is -0.164. The highest BCUT2D eigenvalue weighted by molar-refractivity contribution is 6.06. The molecule has 6 rings (SSSR count). The third-order valence-electron chi connectivity index (χ3n) is 10.9. The fourth-order valence-corrected chi connectivity index (χ4v) is 8.24. The maximum atomic E-state index is 15.0. The third kappa shape index (κ3) is 5.78. The number of ether oxygens (including phenoxy) is 2. The van der Waals surface area contributed by atoms with E-state index in [1.165, 1.54) is 4.90 Å². The van der Waals surface area contributed by atoms with Gasteiger partial charge < -0.3 is 29.3 Å². The van der Waals surface area contributed by atoms with Gasteiger partial charge in [0.05, 0.1) is 30.7 Å². The predicted molar refractivity (Wildman–Crippen MR) is 184 cm³/mol. The highest BCUT2D eigenvalue weighted by Crippen LogP contribution is 2.54. The minimum Gasteiger partial charge on any atom is -0.455 e. The largest absolute Gasteiger partial charge is 0.455 e. The van der Waals surface area contributed by atoms with E-state index in [-0.39, 0.29) is 37.3 Å². The van der Waals surface area contributed by atoms with Crippen LogP contribution in [0.25, 0.3) is 0 Å². The molecule has 10 heteroatoms. The molecule has 3 amide bonds. The van der Waals surface area contributed by atoms with Gasteiger partial charge in [-0.2, -0.15) is 0 Å². The molecule has 0 aliphatic carbocycles. The standard InChI is InChI=1S/C39H47N3O7/c1-23(2)28(22-43)42-35-37(46)41(33-24(3)14-12-15-25(33)4)21-13-20-39(35)32(36(42)45)31-29(49-39)18-10-11-19-30(44)40(6)26(5)34(48-38(31)47)27-16-8-7-9-17-27/h7-10,12-18,20,23,26,28-29,31-32,34-35,43H,11,19,21-22H2,1-6H3/b18-10-/t26-,28+,29-,31+,32+,34+,35-,39+/m1/s1. The van der Waals surface area contributed by atoms with Crippen molar-refractivity contribution < 1.29 is 33.8 Å². The molecular formula is C39H47N3O7. The second-order valence-electron chi connectivity index (χ2n) is 14.2. The zero-order valence-electron chi connectivity index (χ0n) is 29.1. The summed E-state index contributed by atoms with van der Waals surface area (Å²) >= 11 is 0. The van der Waals surface area contributed by atoms with Crippen LogP contribution in [-0.2, 0) is 28.7 Å². The smallest absolute Gasteiger partial charge is 0.313 e. The lowest BCUT2D eigenvalue weighted by atomic mass is 9.77. The molecule has 2 aromatic rings. The lowest BCUT2D eigenvalue weighted by Gasteiger charge is -2.40. The normalized spacial score (nSPS) is 31.8. The first kappa shape index (κ1) is 34.6. The van der Waals surface area contributed by atoms with Crippen LogP contribution in [0.5, 0.6) is 0 Å².